The summed E-state index contributed by atoms with van der Waals surface area (Å²) in [5.41, 5.74) is 0.317. The van der Waals surface area contributed by atoms with E-state index in [1.54, 1.807) is 13.1 Å². The quantitative estimate of drug-likeness (QED) is 0.531. The number of methoxy groups -OCH3 is 1. The van der Waals surface area contributed by atoms with Gasteiger partial charge in [0.2, 0.25) is 0 Å². The smallest absolute Gasteiger partial charge is 0.263 e. The lowest BCUT2D eigenvalue weighted by atomic mass is 10.2. The van der Waals surface area contributed by atoms with Gasteiger partial charge in [-0.05, 0) is 24.3 Å². The Kier molecular flexibility index (Phi) is 3.62. The molecule has 0 saturated heterocycles. The van der Waals surface area contributed by atoms with Crippen molar-refractivity contribution in [2.24, 2.45) is 7.05 Å². The van der Waals surface area contributed by atoms with E-state index in [1.165, 1.54) is 46.2 Å². The van der Waals surface area contributed by atoms with Crippen LogP contribution in [0.4, 0.5) is 5.69 Å². The highest BCUT2D eigenvalue weighted by Crippen LogP contribution is 2.34. The summed E-state index contributed by atoms with van der Waals surface area (Å²) in [6.07, 6.45) is 5.63. The summed E-state index contributed by atoms with van der Waals surface area (Å²) >= 11 is 5.84. The van der Waals surface area contributed by atoms with Gasteiger partial charge < -0.3 is 4.74 Å². The Bertz CT molecular complexity index is 1370. The molecule has 0 bridgehead atoms. The number of anilines is 1. The van der Waals surface area contributed by atoms with Crippen LogP contribution in [0.2, 0.25) is 5.02 Å². The number of benzene rings is 1. The number of nitrogens with one attached hydrogen (secondary N) is 1. The zero-order valence-corrected chi connectivity index (χ0v) is 15.9. The Hall–Kier alpha value is -3.11. The molecular weight excluding hydrogens is 404 g/mol. The molecule has 28 heavy (non-hydrogen) atoms. The lowest BCUT2D eigenvalue weighted by Crippen LogP contribution is -2.15. The summed E-state index contributed by atoms with van der Waals surface area (Å²) in [6, 6.07) is 5.76. The lowest BCUT2D eigenvalue weighted by molar-refractivity contribution is 0.417. The van der Waals surface area contributed by atoms with Gasteiger partial charge in [0, 0.05) is 18.6 Å². The van der Waals surface area contributed by atoms with E-state index in [9.17, 15) is 8.42 Å². The fourth-order valence-corrected chi connectivity index (χ4v) is 3.88. The van der Waals surface area contributed by atoms with Crippen LogP contribution in [0.25, 0.3) is 16.7 Å². The fourth-order valence-electron chi connectivity index (χ4n) is 2.72. The zero-order valence-electron chi connectivity index (χ0n) is 17.4. The van der Waals surface area contributed by atoms with E-state index >= 15 is 0 Å². The topological polar surface area (TPSA) is 104 Å². The summed E-state index contributed by atoms with van der Waals surface area (Å²) in [4.78, 5) is 3.96. The first kappa shape index (κ1) is 14.9. The second-order valence-corrected chi connectivity index (χ2v) is 7.93. The standard InChI is InChI=1S/C17H15ClN6O3S/c1-23-17-11(7-20-23)3-5-14(27-2)16(17)22-28(25,26)13-4-6-15(19-9-13)24-10-12(18)8-21-24/h3-10,22H,1-2H3/i2D3. The molecule has 0 aliphatic heterocycles. The van der Waals surface area contributed by atoms with Crippen molar-refractivity contribution in [2.75, 3.05) is 11.8 Å². The lowest BCUT2D eigenvalue weighted by Gasteiger charge is -2.14. The number of rotatable bonds is 5. The van der Waals surface area contributed by atoms with Gasteiger partial charge in [-0.1, -0.05) is 11.6 Å². The Balaban J connectivity index is 1.74. The van der Waals surface area contributed by atoms with Gasteiger partial charge in [-0.15, -0.1) is 0 Å². The van der Waals surface area contributed by atoms with Crippen LogP contribution in [0, 0.1) is 0 Å². The molecule has 0 amide bonds. The Morgan fingerprint density at radius 1 is 1.18 bits per heavy atom. The van der Waals surface area contributed by atoms with Crippen LogP contribution in [-0.2, 0) is 17.1 Å². The molecule has 0 saturated carbocycles. The third-order valence-electron chi connectivity index (χ3n) is 4.03. The number of aromatic nitrogens is 5. The van der Waals surface area contributed by atoms with Gasteiger partial charge in [-0.25, -0.2) is 18.1 Å². The first-order chi connectivity index (χ1) is 14.5. The number of halogens is 1. The summed E-state index contributed by atoms with van der Waals surface area (Å²) in [7, 11) is -5.32. The Morgan fingerprint density at radius 2 is 2.04 bits per heavy atom. The van der Waals surface area contributed by atoms with Crippen LogP contribution in [0.15, 0.2) is 53.9 Å². The SMILES string of the molecule is [2H]C([2H])([2H])Oc1ccc2cnn(C)c2c1NS(=O)(=O)c1ccc(-n2cc(Cl)cn2)nc1. The molecule has 144 valence electrons. The van der Waals surface area contributed by atoms with E-state index in [-0.39, 0.29) is 16.3 Å². The Morgan fingerprint density at radius 3 is 2.71 bits per heavy atom. The van der Waals surface area contributed by atoms with Crippen LogP contribution >= 0.6 is 11.6 Å². The number of hydrogen-bond donors (Lipinski definition) is 1. The third kappa shape index (κ3) is 3.16. The number of aryl methyl sites for hydroxylation is 1. The largest absolute Gasteiger partial charge is 0.494 e. The first-order valence-electron chi connectivity index (χ1n) is 9.37. The third-order valence-corrected chi connectivity index (χ3v) is 5.56. The minimum Gasteiger partial charge on any atom is -0.494 e. The van der Waals surface area contributed by atoms with Crippen LogP contribution < -0.4 is 9.46 Å². The van der Waals surface area contributed by atoms with Gasteiger partial charge in [-0.3, -0.25) is 9.40 Å². The normalized spacial score (nSPS) is 13.7. The van der Waals surface area contributed by atoms with E-state index in [0.29, 0.717) is 21.7 Å². The predicted molar refractivity (Wildman–Crippen MR) is 104 cm³/mol. The molecule has 1 aromatic carbocycles. The number of hydrogen-bond acceptors (Lipinski definition) is 6. The van der Waals surface area contributed by atoms with Gasteiger partial charge in [0.1, 0.15) is 16.3 Å². The Labute approximate surface area is 169 Å². The molecule has 0 atom stereocenters. The molecule has 3 heterocycles. The van der Waals surface area contributed by atoms with Crippen molar-refractivity contribution in [1.82, 2.24) is 24.5 Å². The van der Waals surface area contributed by atoms with Gasteiger partial charge >= 0.3 is 0 Å². The molecule has 3 aromatic heterocycles. The highest BCUT2D eigenvalue weighted by atomic mass is 35.5. The number of pyridine rings is 1. The summed E-state index contributed by atoms with van der Waals surface area (Å²) in [6.45, 7) is 0. The maximum atomic E-state index is 13.0. The minimum atomic E-state index is -4.14. The molecule has 1 N–H and O–H groups in total. The molecule has 0 radical (unpaired) electrons. The average Bonchev–Trinajstić information content (AvgIpc) is 3.29. The first-order valence-corrected chi connectivity index (χ1v) is 9.73. The van der Waals surface area contributed by atoms with Crippen molar-refractivity contribution >= 4 is 38.2 Å². The molecule has 11 heteroatoms. The molecular formula is C17H15ClN6O3S. The van der Waals surface area contributed by atoms with Gasteiger partial charge in [0.15, 0.2) is 5.82 Å². The minimum absolute atomic E-state index is 0.0449. The van der Waals surface area contributed by atoms with Crippen molar-refractivity contribution in [3.63, 3.8) is 0 Å². The maximum Gasteiger partial charge on any atom is 0.263 e. The zero-order chi connectivity index (χ0) is 22.4. The number of sulfonamides is 1. The molecule has 0 aliphatic carbocycles. The van der Waals surface area contributed by atoms with Crippen LogP contribution in [0.5, 0.6) is 5.75 Å². The van der Waals surface area contributed by atoms with E-state index in [0.717, 1.165) is 6.20 Å². The second-order valence-electron chi connectivity index (χ2n) is 5.81. The van der Waals surface area contributed by atoms with Crippen molar-refractivity contribution in [2.45, 2.75) is 4.90 Å². The number of ether oxygens (including phenoxy) is 1. The van der Waals surface area contributed by atoms with Gasteiger partial charge in [-0.2, -0.15) is 10.2 Å². The molecule has 0 spiro atoms. The van der Waals surface area contributed by atoms with Crippen molar-refractivity contribution in [3.05, 3.63) is 54.1 Å². The van der Waals surface area contributed by atoms with Crippen molar-refractivity contribution in [3.8, 4) is 11.6 Å². The van der Waals surface area contributed by atoms with E-state index in [1.807, 2.05) is 0 Å². The summed E-state index contributed by atoms with van der Waals surface area (Å²) in [5.74, 6) is 0.210. The second kappa shape index (κ2) is 6.80. The van der Waals surface area contributed by atoms with E-state index in [2.05, 4.69) is 19.9 Å². The molecule has 9 nitrogen and oxygen atoms in total. The summed E-state index contributed by atoms with van der Waals surface area (Å²) in [5, 5.41) is 9.11. The molecule has 4 aromatic rings. The average molecular weight is 422 g/mol. The molecule has 0 unspecified atom stereocenters. The maximum absolute atomic E-state index is 13.0. The van der Waals surface area contributed by atoms with E-state index in [4.69, 9.17) is 20.5 Å². The predicted octanol–water partition coefficient (Wildman–Crippen LogP) is 2.62. The number of fused-ring (bicyclic) bond motifs is 1. The van der Waals surface area contributed by atoms with Crippen molar-refractivity contribution in [1.29, 1.82) is 0 Å². The van der Waals surface area contributed by atoms with Crippen LogP contribution in [-0.4, -0.2) is 40.0 Å². The molecule has 0 aliphatic rings. The number of nitrogens with zero attached hydrogens (tertiary/aromatic N) is 5. The highest BCUT2D eigenvalue weighted by Gasteiger charge is 2.21. The monoisotopic (exact) mass is 421 g/mol. The van der Waals surface area contributed by atoms with Crippen LogP contribution in [0.3, 0.4) is 0 Å². The van der Waals surface area contributed by atoms with Crippen molar-refractivity contribution < 1.29 is 17.3 Å². The van der Waals surface area contributed by atoms with Gasteiger partial charge in [0.05, 0.1) is 40.3 Å². The summed E-state index contributed by atoms with van der Waals surface area (Å²) < 4.78 is 58.4. The van der Waals surface area contributed by atoms with Crippen LogP contribution in [0.1, 0.15) is 4.11 Å². The molecule has 0 fully saturated rings. The van der Waals surface area contributed by atoms with Gasteiger partial charge in [0.25, 0.3) is 10.0 Å². The molecule has 4 rings (SSSR count). The fraction of sp³-hybridized carbons (Fsp3) is 0.118. The highest BCUT2D eigenvalue weighted by molar-refractivity contribution is 7.92. The van der Waals surface area contributed by atoms with E-state index < -0.39 is 17.1 Å².